The van der Waals surface area contributed by atoms with Crippen LogP contribution < -0.4 is 5.32 Å². The molecule has 0 aliphatic carbocycles. The minimum absolute atomic E-state index is 0. The largest absolute Gasteiger partial charge is 0.314 e. The molecule has 0 amide bonds. The lowest BCUT2D eigenvalue weighted by Gasteiger charge is -2.33. The highest BCUT2D eigenvalue weighted by Crippen LogP contribution is 2.09. The van der Waals surface area contributed by atoms with Gasteiger partial charge in [-0.25, -0.2) is 0 Å². The van der Waals surface area contributed by atoms with Gasteiger partial charge in [-0.3, -0.25) is 4.90 Å². The number of halogens is 1. The second kappa shape index (κ2) is 7.49. The van der Waals surface area contributed by atoms with Crippen LogP contribution in [0.15, 0.2) is 30.3 Å². The highest BCUT2D eigenvalue weighted by molar-refractivity contribution is 5.85. The molecule has 0 bridgehead atoms. The first-order chi connectivity index (χ1) is 9.84. The molecule has 1 aliphatic rings. The topological polar surface area (TPSA) is 58.9 Å². The molecule has 2 aromatic rings. The molecule has 1 aliphatic heterocycles. The molecule has 1 aromatic heterocycles. The molecule has 114 valence electrons. The highest BCUT2D eigenvalue weighted by atomic mass is 35.5. The lowest BCUT2D eigenvalue weighted by Crippen LogP contribution is -2.50. The molecule has 1 atom stereocenters. The smallest absolute Gasteiger partial charge is 0.157 e. The molecule has 1 aromatic carbocycles. The van der Waals surface area contributed by atoms with Crippen LogP contribution in [0.1, 0.15) is 12.7 Å². The number of tetrazole rings is 1. The van der Waals surface area contributed by atoms with Gasteiger partial charge in [-0.1, -0.05) is 18.2 Å². The van der Waals surface area contributed by atoms with Crippen molar-refractivity contribution < 1.29 is 0 Å². The molecule has 6 nitrogen and oxygen atoms in total. The van der Waals surface area contributed by atoms with Crippen LogP contribution in [0.2, 0.25) is 0 Å². The first kappa shape index (κ1) is 15.9. The number of nitrogens with one attached hydrogen (secondary N) is 1. The van der Waals surface area contributed by atoms with E-state index in [0.717, 1.165) is 44.1 Å². The number of hydrogen-bond acceptors (Lipinski definition) is 5. The normalized spacial score (nSPS) is 19.2. The van der Waals surface area contributed by atoms with Crippen LogP contribution in [-0.4, -0.2) is 57.3 Å². The molecular weight excluding hydrogens is 288 g/mol. The van der Waals surface area contributed by atoms with E-state index < -0.39 is 0 Å². The number of nitrogens with zero attached hydrogens (tertiary/aromatic N) is 5. The van der Waals surface area contributed by atoms with Gasteiger partial charge in [0.05, 0.1) is 5.69 Å². The zero-order chi connectivity index (χ0) is 13.8. The second-order valence-electron chi connectivity index (χ2n) is 5.18. The van der Waals surface area contributed by atoms with Gasteiger partial charge in [0.1, 0.15) is 0 Å². The van der Waals surface area contributed by atoms with Gasteiger partial charge in [-0.2, -0.15) is 4.68 Å². The van der Waals surface area contributed by atoms with Crippen molar-refractivity contribution in [3.05, 3.63) is 36.2 Å². The van der Waals surface area contributed by atoms with Crippen molar-refractivity contribution in [1.82, 2.24) is 30.4 Å². The minimum Gasteiger partial charge on any atom is -0.314 e. The standard InChI is InChI=1S/C14H20N6.ClH/c1-12-11-15-8-10-19(12)9-7-14-16-17-18-20(14)13-5-3-2-4-6-13;/h2-6,12,15H,7-11H2,1H3;1H/t12-;/m0./s1. The third kappa shape index (κ3) is 3.78. The maximum absolute atomic E-state index is 4.16. The Morgan fingerprint density at radius 2 is 2.10 bits per heavy atom. The summed E-state index contributed by atoms with van der Waals surface area (Å²) in [4.78, 5) is 2.49. The van der Waals surface area contributed by atoms with Crippen molar-refractivity contribution in [3.8, 4) is 5.69 Å². The molecule has 1 N–H and O–H groups in total. The quantitative estimate of drug-likeness (QED) is 0.910. The van der Waals surface area contributed by atoms with Gasteiger partial charge in [-0.15, -0.1) is 17.5 Å². The maximum Gasteiger partial charge on any atom is 0.157 e. The fourth-order valence-corrected chi connectivity index (χ4v) is 2.59. The van der Waals surface area contributed by atoms with E-state index >= 15 is 0 Å². The highest BCUT2D eigenvalue weighted by Gasteiger charge is 2.18. The van der Waals surface area contributed by atoms with Crippen LogP contribution in [0.3, 0.4) is 0 Å². The summed E-state index contributed by atoms with van der Waals surface area (Å²) in [6.07, 6.45) is 0.867. The fraction of sp³-hybridized carbons (Fsp3) is 0.500. The van der Waals surface area contributed by atoms with Crippen LogP contribution in [0, 0.1) is 0 Å². The molecule has 0 radical (unpaired) electrons. The van der Waals surface area contributed by atoms with Crippen LogP contribution in [0.5, 0.6) is 0 Å². The average Bonchev–Trinajstić information content (AvgIpc) is 2.96. The van der Waals surface area contributed by atoms with Crippen LogP contribution in [-0.2, 0) is 6.42 Å². The summed E-state index contributed by atoms with van der Waals surface area (Å²) in [5.41, 5.74) is 1.01. The summed E-state index contributed by atoms with van der Waals surface area (Å²) in [7, 11) is 0. The van der Waals surface area contributed by atoms with Crippen molar-refractivity contribution >= 4 is 12.4 Å². The number of hydrogen-bond donors (Lipinski definition) is 1. The Bertz CT molecular complexity index is 543. The fourth-order valence-electron chi connectivity index (χ4n) is 2.59. The third-order valence-electron chi connectivity index (χ3n) is 3.80. The van der Waals surface area contributed by atoms with E-state index in [1.165, 1.54) is 0 Å². The Balaban J connectivity index is 0.00000161. The number of benzene rings is 1. The molecule has 2 heterocycles. The zero-order valence-corrected chi connectivity index (χ0v) is 13.0. The predicted octanol–water partition coefficient (Wildman–Crippen LogP) is 0.920. The second-order valence-corrected chi connectivity index (χ2v) is 5.18. The molecule has 1 fully saturated rings. The first-order valence-electron chi connectivity index (χ1n) is 7.12. The number of aromatic nitrogens is 4. The van der Waals surface area contributed by atoms with Crippen LogP contribution in [0.25, 0.3) is 5.69 Å². The van der Waals surface area contributed by atoms with E-state index in [9.17, 15) is 0 Å². The van der Waals surface area contributed by atoms with E-state index in [0.29, 0.717) is 6.04 Å². The van der Waals surface area contributed by atoms with Crippen LogP contribution >= 0.6 is 12.4 Å². The Kier molecular flexibility index (Phi) is 5.67. The summed E-state index contributed by atoms with van der Waals surface area (Å²) in [6, 6.07) is 10.6. The van der Waals surface area contributed by atoms with Gasteiger partial charge in [0.15, 0.2) is 5.82 Å². The van der Waals surface area contributed by atoms with E-state index in [2.05, 4.69) is 32.7 Å². The van der Waals surface area contributed by atoms with E-state index in [4.69, 9.17) is 0 Å². The third-order valence-corrected chi connectivity index (χ3v) is 3.80. The predicted molar refractivity (Wildman–Crippen MR) is 84.0 cm³/mol. The molecule has 0 saturated carbocycles. The van der Waals surface area contributed by atoms with E-state index in [1.807, 2.05) is 35.0 Å². The van der Waals surface area contributed by atoms with Gasteiger partial charge in [-0.05, 0) is 29.5 Å². The van der Waals surface area contributed by atoms with Gasteiger partial charge in [0.2, 0.25) is 0 Å². The zero-order valence-electron chi connectivity index (χ0n) is 12.1. The molecule has 0 spiro atoms. The summed E-state index contributed by atoms with van der Waals surface area (Å²) in [5.74, 6) is 0.918. The Morgan fingerprint density at radius 3 is 2.86 bits per heavy atom. The van der Waals surface area contributed by atoms with Gasteiger partial charge in [0, 0.05) is 38.6 Å². The molecule has 3 rings (SSSR count). The van der Waals surface area contributed by atoms with Gasteiger partial charge < -0.3 is 5.32 Å². The van der Waals surface area contributed by atoms with E-state index in [-0.39, 0.29) is 12.4 Å². The van der Waals surface area contributed by atoms with Crippen molar-refractivity contribution in [2.45, 2.75) is 19.4 Å². The van der Waals surface area contributed by atoms with Crippen LogP contribution in [0.4, 0.5) is 0 Å². The number of para-hydroxylation sites is 1. The summed E-state index contributed by atoms with van der Waals surface area (Å²) >= 11 is 0. The van der Waals surface area contributed by atoms with Crippen molar-refractivity contribution in [2.75, 3.05) is 26.2 Å². The molecule has 1 saturated heterocycles. The Morgan fingerprint density at radius 1 is 1.29 bits per heavy atom. The van der Waals surface area contributed by atoms with Gasteiger partial charge in [0.25, 0.3) is 0 Å². The Labute approximate surface area is 130 Å². The molecule has 0 unspecified atom stereocenters. The monoisotopic (exact) mass is 308 g/mol. The molecule has 21 heavy (non-hydrogen) atoms. The SMILES string of the molecule is C[C@H]1CNCCN1CCc1nnnn1-c1ccccc1.Cl. The lowest BCUT2D eigenvalue weighted by molar-refractivity contribution is 0.174. The average molecular weight is 309 g/mol. The van der Waals surface area contributed by atoms with Crippen molar-refractivity contribution in [1.29, 1.82) is 0 Å². The van der Waals surface area contributed by atoms with Crippen molar-refractivity contribution in [3.63, 3.8) is 0 Å². The summed E-state index contributed by atoms with van der Waals surface area (Å²) in [5, 5.41) is 15.5. The maximum atomic E-state index is 4.16. The van der Waals surface area contributed by atoms with Gasteiger partial charge >= 0.3 is 0 Å². The summed E-state index contributed by atoms with van der Waals surface area (Å²) in [6.45, 7) is 6.47. The molecular formula is C14H21ClN6. The minimum atomic E-state index is 0. The Hall–Kier alpha value is -1.50. The molecule has 7 heteroatoms. The summed E-state index contributed by atoms with van der Waals surface area (Å²) < 4.78 is 1.83. The number of rotatable bonds is 4. The lowest BCUT2D eigenvalue weighted by atomic mass is 10.2. The first-order valence-corrected chi connectivity index (χ1v) is 7.12. The van der Waals surface area contributed by atoms with E-state index in [1.54, 1.807) is 0 Å². The van der Waals surface area contributed by atoms with Crippen molar-refractivity contribution in [2.24, 2.45) is 0 Å². The number of piperazine rings is 1.